The maximum absolute atomic E-state index is 13.4. The van der Waals surface area contributed by atoms with Crippen molar-refractivity contribution in [1.29, 1.82) is 0 Å². The van der Waals surface area contributed by atoms with Crippen LogP contribution in [-0.4, -0.2) is 30.1 Å². The fourth-order valence-corrected chi connectivity index (χ4v) is 3.78. The lowest BCUT2D eigenvalue weighted by Gasteiger charge is -2.12. The number of anilines is 2. The minimum atomic E-state index is -0.578. The van der Waals surface area contributed by atoms with Crippen LogP contribution in [0.2, 0.25) is 5.02 Å². The molecule has 39 heavy (non-hydrogen) atoms. The fourth-order valence-electron chi connectivity index (χ4n) is 3.39. The van der Waals surface area contributed by atoms with E-state index in [1.54, 1.807) is 48.5 Å². The molecule has 4 rings (SSSR count). The summed E-state index contributed by atoms with van der Waals surface area (Å²) in [5.74, 6) is -0.0472. The number of benzene rings is 4. The summed E-state index contributed by atoms with van der Waals surface area (Å²) in [5, 5.41) is 8.10. The highest BCUT2D eigenvalue weighted by Gasteiger charge is 2.11. The lowest BCUT2D eigenvalue weighted by atomic mass is 10.2. The third-order valence-corrected chi connectivity index (χ3v) is 5.76. The summed E-state index contributed by atoms with van der Waals surface area (Å²) in [5.41, 5.74) is 1.55. The lowest BCUT2D eigenvalue weighted by Crippen LogP contribution is -2.34. The summed E-state index contributed by atoms with van der Waals surface area (Å²) >= 11 is 11.0. The molecule has 10 heteroatoms. The monoisotopic (exact) mass is 563 g/mol. The van der Waals surface area contributed by atoms with Gasteiger partial charge in [0.25, 0.3) is 11.8 Å². The van der Waals surface area contributed by atoms with Gasteiger partial charge in [0.1, 0.15) is 30.5 Å². The van der Waals surface area contributed by atoms with Crippen LogP contribution in [0.4, 0.5) is 15.8 Å². The van der Waals surface area contributed by atoms with Gasteiger partial charge in [-0.1, -0.05) is 35.9 Å². The Morgan fingerprint density at radius 3 is 2.08 bits per heavy atom. The molecule has 0 saturated heterocycles. The quantitative estimate of drug-likeness (QED) is 0.163. The summed E-state index contributed by atoms with van der Waals surface area (Å²) in [6.45, 7) is 0.735. The zero-order valence-electron chi connectivity index (χ0n) is 20.4. The Labute approximate surface area is 234 Å². The van der Waals surface area contributed by atoms with Crippen molar-refractivity contribution < 1.29 is 23.5 Å². The molecular formula is C29H23ClFN3O4S. The first-order chi connectivity index (χ1) is 18.9. The number of amides is 2. The molecule has 0 unspecified atom stereocenters. The Balaban J connectivity index is 1.25. The summed E-state index contributed by atoms with van der Waals surface area (Å²) in [7, 11) is 0. The average molecular weight is 564 g/mol. The second-order valence-corrected chi connectivity index (χ2v) is 8.92. The number of carbonyl (C=O) groups excluding carboxylic acids is 2. The third-order valence-electron chi connectivity index (χ3n) is 5.27. The molecule has 3 N–H and O–H groups in total. The number of carbonyl (C=O) groups is 2. The highest BCUT2D eigenvalue weighted by molar-refractivity contribution is 7.80. The van der Waals surface area contributed by atoms with Crippen LogP contribution in [0.25, 0.3) is 0 Å². The van der Waals surface area contributed by atoms with Crippen LogP contribution >= 0.6 is 23.8 Å². The van der Waals surface area contributed by atoms with Crippen LogP contribution in [0.3, 0.4) is 0 Å². The highest BCUT2D eigenvalue weighted by Crippen LogP contribution is 2.20. The predicted octanol–water partition coefficient (Wildman–Crippen LogP) is 6.32. The largest absolute Gasteiger partial charge is 0.490 e. The van der Waals surface area contributed by atoms with Crippen molar-refractivity contribution in [3.05, 3.63) is 119 Å². The summed E-state index contributed by atoms with van der Waals surface area (Å²) in [6, 6.07) is 26.5. The van der Waals surface area contributed by atoms with E-state index in [1.165, 1.54) is 18.2 Å². The Bertz CT molecular complexity index is 1470. The molecule has 4 aromatic rings. The summed E-state index contributed by atoms with van der Waals surface area (Å²) in [6.07, 6.45) is 0. The van der Waals surface area contributed by atoms with Gasteiger partial charge in [-0.3, -0.25) is 14.9 Å². The van der Waals surface area contributed by atoms with E-state index in [2.05, 4.69) is 16.0 Å². The summed E-state index contributed by atoms with van der Waals surface area (Å²) < 4.78 is 24.6. The van der Waals surface area contributed by atoms with Gasteiger partial charge < -0.3 is 20.1 Å². The number of thiocarbonyl (C=S) groups is 1. The van der Waals surface area contributed by atoms with Crippen LogP contribution in [-0.2, 0) is 0 Å². The van der Waals surface area contributed by atoms with E-state index in [-0.39, 0.29) is 10.1 Å². The van der Waals surface area contributed by atoms with Gasteiger partial charge in [-0.05, 0) is 85.0 Å². The Morgan fingerprint density at radius 1 is 0.718 bits per heavy atom. The van der Waals surface area contributed by atoms with E-state index < -0.39 is 17.6 Å². The molecule has 0 atom stereocenters. The standard InChI is InChI=1S/C29H23ClFN3O4S/c30-25-18-22(11-14-26(25)31)32-28(36)20-5-4-6-21(17-20)33-29(39)34-27(35)19-9-12-24(13-10-19)38-16-15-37-23-7-2-1-3-8-23/h1-14,17-18H,15-16H2,(H,32,36)(H2,33,34,35,39). The molecule has 0 spiro atoms. The second kappa shape index (κ2) is 13.4. The topological polar surface area (TPSA) is 88.7 Å². The predicted molar refractivity (Wildman–Crippen MR) is 153 cm³/mol. The van der Waals surface area contributed by atoms with E-state index in [9.17, 15) is 14.0 Å². The Kier molecular flexibility index (Phi) is 9.44. The minimum absolute atomic E-state index is 0.0567. The lowest BCUT2D eigenvalue weighted by molar-refractivity contribution is 0.0976. The van der Waals surface area contributed by atoms with Crippen molar-refractivity contribution in [3.63, 3.8) is 0 Å². The van der Waals surface area contributed by atoms with Crippen LogP contribution in [0, 0.1) is 5.82 Å². The van der Waals surface area contributed by atoms with Gasteiger partial charge >= 0.3 is 0 Å². The van der Waals surface area contributed by atoms with Crippen LogP contribution in [0.5, 0.6) is 11.5 Å². The molecule has 0 aromatic heterocycles. The van der Waals surface area contributed by atoms with Crippen molar-refractivity contribution in [2.75, 3.05) is 23.8 Å². The number of ether oxygens (including phenoxy) is 2. The van der Waals surface area contributed by atoms with Crippen LogP contribution in [0.1, 0.15) is 20.7 Å². The number of hydrogen-bond acceptors (Lipinski definition) is 5. The molecule has 0 fully saturated rings. The normalized spacial score (nSPS) is 10.3. The molecule has 198 valence electrons. The van der Waals surface area contributed by atoms with E-state index in [0.29, 0.717) is 41.5 Å². The van der Waals surface area contributed by atoms with Gasteiger partial charge in [-0.15, -0.1) is 0 Å². The number of rotatable bonds is 9. The Morgan fingerprint density at radius 2 is 1.38 bits per heavy atom. The molecule has 2 amide bonds. The second-order valence-electron chi connectivity index (χ2n) is 8.11. The van der Waals surface area contributed by atoms with Gasteiger partial charge in [-0.25, -0.2) is 4.39 Å². The molecule has 7 nitrogen and oxygen atoms in total. The van der Waals surface area contributed by atoms with E-state index in [4.69, 9.17) is 33.3 Å². The van der Waals surface area contributed by atoms with Crippen molar-refractivity contribution >= 4 is 52.1 Å². The number of hydrogen-bond donors (Lipinski definition) is 3. The van der Waals surface area contributed by atoms with Crippen molar-refractivity contribution in [2.45, 2.75) is 0 Å². The zero-order chi connectivity index (χ0) is 27.6. The van der Waals surface area contributed by atoms with Gasteiger partial charge in [0.15, 0.2) is 5.11 Å². The van der Waals surface area contributed by atoms with E-state index in [1.807, 2.05) is 30.3 Å². The molecule has 0 aliphatic carbocycles. The number of nitrogens with one attached hydrogen (secondary N) is 3. The SMILES string of the molecule is O=C(NC(=S)Nc1cccc(C(=O)Nc2ccc(F)c(Cl)c2)c1)c1ccc(OCCOc2ccccc2)cc1. The van der Waals surface area contributed by atoms with Gasteiger partial charge in [-0.2, -0.15) is 0 Å². The van der Waals surface area contributed by atoms with Crippen molar-refractivity contribution in [2.24, 2.45) is 0 Å². The first-order valence-corrected chi connectivity index (χ1v) is 12.6. The maximum Gasteiger partial charge on any atom is 0.257 e. The number of halogens is 2. The maximum atomic E-state index is 13.4. The molecule has 4 aromatic carbocycles. The minimum Gasteiger partial charge on any atom is -0.490 e. The van der Waals surface area contributed by atoms with E-state index in [0.717, 1.165) is 5.75 Å². The molecule has 0 heterocycles. The smallest absolute Gasteiger partial charge is 0.257 e. The first kappa shape index (κ1) is 27.6. The molecule has 0 aliphatic rings. The number of para-hydroxylation sites is 1. The van der Waals surface area contributed by atoms with Gasteiger partial charge in [0.05, 0.1) is 5.02 Å². The van der Waals surface area contributed by atoms with Crippen molar-refractivity contribution in [1.82, 2.24) is 5.32 Å². The third kappa shape index (κ3) is 8.26. The van der Waals surface area contributed by atoms with Gasteiger partial charge in [0, 0.05) is 22.5 Å². The summed E-state index contributed by atoms with van der Waals surface area (Å²) in [4.78, 5) is 25.2. The molecule has 0 saturated carbocycles. The molecule has 0 radical (unpaired) electrons. The van der Waals surface area contributed by atoms with Gasteiger partial charge in [0.2, 0.25) is 0 Å². The zero-order valence-corrected chi connectivity index (χ0v) is 22.0. The van der Waals surface area contributed by atoms with Crippen LogP contribution < -0.4 is 25.4 Å². The molecule has 0 bridgehead atoms. The van der Waals surface area contributed by atoms with Crippen LogP contribution in [0.15, 0.2) is 97.1 Å². The van der Waals surface area contributed by atoms with Crippen molar-refractivity contribution in [3.8, 4) is 11.5 Å². The molecular weight excluding hydrogens is 541 g/mol. The Hall–Kier alpha value is -4.47. The van der Waals surface area contributed by atoms with E-state index >= 15 is 0 Å². The first-order valence-electron chi connectivity index (χ1n) is 11.8. The average Bonchev–Trinajstić information content (AvgIpc) is 2.94. The molecule has 0 aliphatic heterocycles. The highest BCUT2D eigenvalue weighted by atomic mass is 35.5. The fraction of sp³-hybridized carbons (Fsp3) is 0.0690.